The summed E-state index contributed by atoms with van der Waals surface area (Å²) in [6.45, 7) is 6.89. The lowest BCUT2D eigenvalue weighted by Gasteiger charge is -2.41. The topological polar surface area (TPSA) is 43.8 Å². The molecule has 3 rings (SSSR count). The summed E-state index contributed by atoms with van der Waals surface area (Å²) in [5.41, 5.74) is 1.52. The van der Waals surface area contributed by atoms with Crippen molar-refractivity contribution in [1.82, 2.24) is 4.90 Å². The zero-order valence-electron chi connectivity index (χ0n) is 14.1. The summed E-state index contributed by atoms with van der Waals surface area (Å²) in [7, 11) is 0. The number of rotatable bonds is 6. The first-order chi connectivity index (χ1) is 11.2. The normalized spacial score (nSPS) is 19.8. The molecule has 0 aromatic heterocycles. The predicted molar refractivity (Wildman–Crippen MR) is 93.2 cm³/mol. The van der Waals surface area contributed by atoms with Crippen molar-refractivity contribution in [3.05, 3.63) is 29.8 Å². The second kappa shape index (κ2) is 7.35. The Morgan fingerprint density at radius 2 is 1.83 bits per heavy atom. The minimum atomic E-state index is -0.856. The summed E-state index contributed by atoms with van der Waals surface area (Å²) < 4.78 is 0. The first kappa shape index (κ1) is 16.3. The van der Waals surface area contributed by atoms with Gasteiger partial charge in [-0.1, -0.05) is 13.3 Å². The van der Waals surface area contributed by atoms with E-state index in [4.69, 9.17) is 5.11 Å². The van der Waals surface area contributed by atoms with E-state index in [1.165, 1.54) is 45.2 Å². The van der Waals surface area contributed by atoms with Crippen LogP contribution in [0.4, 0.5) is 5.69 Å². The maximum Gasteiger partial charge on any atom is 0.335 e. The summed E-state index contributed by atoms with van der Waals surface area (Å²) in [5.74, 6) is -0.0454. The van der Waals surface area contributed by atoms with Crippen LogP contribution in [0.3, 0.4) is 0 Å². The van der Waals surface area contributed by atoms with E-state index >= 15 is 0 Å². The Balaban J connectivity index is 1.50. The van der Waals surface area contributed by atoms with Gasteiger partial charge in [0.15, 0.2) is 0 Å². The number of benzene rings is 1. The van der Waals surface area contributed by atoms with Crippen molar-refractivity contribution in [1.29, 1.82) is 0 Å². The van der Waals surface area contributed by atoms with Crippen LogP contribution in [0.5, 0.6) is 0 Å². The molecule has 1 N–H and O–H groups in total. The zero-order valence-corrected chi connectivity index (χ0v) is 14.1. The van der Waals surface area contributed by atoms with Crippen molar-refractivity contribution >= 4 is 11.7 Å². The molecule has 1 aliphatic heterocycles. The number of anilines is 1. The highest BCUT2D eigenvalue weighted by molar-refractivity contribution is 5.88. The molecule has 1 aromatic carbocycles. The minimum Gasteiger partial charge on any atom is -0.478 e. The third-order valence-electron chi connectivity index (χ3n) is 5.58. The van der Waals surface area contributed by atoms with Gasteiger partial charge in [0, 0.05) is 31.4 Å². The van der Waals surface area contributed by atoms with Crippen molar-refractivity contribution < 1.29 is 9.90 Å². The fraction of sp³-hybridized carbons (Fsp3) is 0.632. The molecular formula is C19H28N2O2. The molecule has 1 aliphatic carbocycles. The SMILES string of the molecule is CCN(CC1CCN(c2ccc(C(=O)O)cc2)CC1)C1CCC1. The van der Waals surface area contributed by atoms with E-state index in [0.717, 1.165) is 30.7 Å². The quantitative estimate of drug-likeness (QED) is 0.872. The molecule has 0 spiro atoms. The lowest BCUT2D eigenvalue weighted by molar-refractivity contribution is 0.0697. The standard InChI is InChI=1S/C19H28N2O2/c1-2-20(17-4-3-5-17)14-15-10-12-21(13-11-15)18-8-6-16(7-9-18)19(22)23/h6-9,15,17H,2-5,10-14H2,1H3,(H,22,23). The van der Waals surface area contributed by atoms with Crippen LogP contribution >= 0.6 is 0 Å². The molecule has 4 nitrogen and oxygen atoms in total. The summed E-state index contributed by atoms with van der Waals surface area (Å²) in [4.78, 5) is 16.0. The van der Waals surface area contributed by atoms with Crippen LogP contribution in [0, 0.1) is 5.92 Å². The third-order valence-corrected chi connectivity index (χ3v) is 5.58. The van der Waals surface area contributed by atoms with Gasteiger partial charge in [-0.15, -0.1) is 0 Å². The highest BCUT2D eigenvalue weighted by Crippen LogP contribution is 2.28. The number of piperidine rings is 1. The number of aromatic carboxylic acids is 1. The molecule has 2 aliphatic rings. The molecule has 1 heterocycles. The van der Waals surface area contributed by atoms with Gasteiger partial charge in [0.05, 0.1) is 5.56 Å². The molecule has 4 heteroatoms. The van der Waals surface area contributed by atoms with E-state index in [0.29, 0.717) is 5.56 Å². The Kier molecular flexibility index (Phi) is 5.21. The molecule has 2 fully saturated rings. The van der Waals surface area contributed by atoms with Crippen molar-refractivity contribution in [2.24, 2.45) is 5.92 Å². The van der Waals surface area contributed by atoms with Crippen LogP contribution in [0.2, 0.25) is 0 Å². The third kappa shape index (κ3) is 3.86. The predicted octanol–water partition coefficient (Wildman–Crippen LogP) is 3.48. The number of hydrogen-bond acceptors (Lipinski definition) is 3. The summed E-state index contributed by atoms with van der Waals surface area (Å²) in [6, 6.07) is 8.15. The number of carboxylic acid groups (broad SMARTS) is 1. The Labute approximate surface area is 139 Å². The largest absolute Gasteiger partial charge is 0.478 e. The molecule has 1 aromatic rings. The molecule has 1 saturated heterocycles. The van der Waals surface area contributed by atoms with Gasteiger partial charge in [-0.05, 0) is 62.4 Å². The van der Waals surface area contributed by atoms with Gasteiger partial charge in [-0.2, -0.15) is 0 Å². The van der Waals surface area contributed by atoms with Gasteiger partial charge in [0.2, 0.25) is 0 Å². The van der Waals surface area contributed by atoms with Crippen LogP contribution in [-0.4, -0.2) is 48.2 Å². The average molecular weight is 316 g/mol. The summed E-state index contributed by atoms with van der Waals surface area (Å²) in [6.07, 6.45) is 6.67. The molecule has 0 amide bonds. The van der Waals surface area contributed by atoms with E-state index in [9.17, 15) is 4.79 Å². The molecule has 0 unspecified atom stereocenters. The van der Waals surface area contributed by atoms with Crippen LogP contribution in [0.15, 0.2) is 24.3 Å². The van der Waals surface area contributed by atoms with Gasteiger partial charge >= 0.3 is 5.97 Å². The number of carbonyl (C=O) groups is 1. The lowest BCUT2D eigenvalue weighted by Crippen LogP contribution is -2.45. The maximum absolute atomic E-state index is 10.9. The summed E-state index contributed by atoms with van der Waals surface area (Å²) >= 11 is 0. The van der Waals surface area contributed by atoms with E-state index in [2.05, 4.69) is 16.7 Å². The first-order valence-electron chi connectivity index (χ1n) is 8.99. The highest BCUT2D eigenvalue weighted by atomic mass is 16.4. The van der Waals surface area contributed by atoms with Crippen molar-refractivity contribution in [3.63, 3.8) is 0 Å². The van der Waals surface area contributed by atoms with Crippen LogP contribution in [0.1, 0.15) is 49.4 Å². The highest BCUT2D eigenvalue weighted by Gasteiger charge is 2.27. The van der Waals surface area contributed by atoms with Crippen LogP contribution in [0.25, 0.3) is 0 Å². The van der Waals surface area contributed by atoms with Crippen LogP contribution in [-0.2, 0) is 0 Å². The molecule has 0 atom stereocenters. The van der Waals surface area contributed by atoms with E-state index in [-0.39, 0.29) is 0 Å². The van der Waals surface area contributed by atoms with Crippen molar-refractivity contribution in [3.8, 4) is 0 Å². The number of carboxylic acids is 1. The Hall–Kier alpha value is -1.55. The van der Waals surface area contributed by atoms with Gasteiger partial charge in [-0.3, -0.25) is 0 Å². The molecule has 23 heavy (non-hydrogen) atoms. The zero-order chi connectivity index (χ0) is 16.2. The second-order valence-corrected chi connectivity index (χ2v) is 6.95. The summed E-state index contributed by atoms with van der Waals surface area (Å²) in [5, 5.41) is 8.98. The molecular weight excluding hydrogens is 288 g/mol. The monoisotopic (exact) mass is 316 g/mol. The Bertz CT molecular complexity index is 517. The fourth-order valence-corrected chi connectivity index (χ4v) is 3.81. The number of nitrogens with zero attached hydrogens (tertiary/aromatic N) is 2. The second-order valence-electron chi connectivity index (χ2n) is 6.95. The van der Waals surface area contributed by atoms with Gasteiger partial charge in [0.25, 0.3) is 0 Å². The smallest absolute Gasteiger partial charge is 0.335 e. The maximum atomic E-state index is 10.9. The fourth-order valence-electron chi connectivity index (χ4n) is 3.81. The van der Waals surface area contributed by atoms with E-state index in [1.807, 2.05) is 12.1 Å². The average Bonchev–Trinajstić information content (AvgIpc) is 2.53. The molecule has 126 valence electrons. The number of hydrogen-bond donors (Lipinski definition) is 1. The lowest BCUT2D eigenvalue weighted by atomic mass is 9.89. The molecule has 1 saturated carbocycles. The molecule has 0 radical (unpaired) electrons. The van der Waals surface area contributed by atoms with Gasteiger partial charge < -0.3 is 14.9 Å². The first-order valence-corrected chi connectivity index (χ1v) is 8.99. The minimum absolute atomic E-state index is 0.364. The van der Waals surface area contributed by atoms with Gasteiger partial charge in [0.1, 0.15) is 0 Å². The van der Waals surface area contributed by atoms with Crippen molar-refractivity contribution in [2.75, 3.05) is 31.1 Å². The van der Waals surface area contributed by atoms with Gasteiger partial charge in [-0.25, -0.2) is 4.79 Å². The Morgan fingerprint density at radius 3 is 2.30 bits per heavy atom. The van der Waals surface area contributed by atoms with E-state index in [1.54, 1.807) is 12.1 Å². The molecule has 0 bridgehead atoms. The Morgan fingerprint density at radius 1 is 1.17 bits per heavy atom. The van der Waals surface area contributed by atoms with E-state index < -0.39 is 5.97 Å². The van der Waals surface area contributed by atoms with Crippen molar-refractivity contribution in [2.45, 2.75) is 45.1 Å². The van der Waals surface area contributed by atoms with Crippen LogP contribution < -0.4 is 4.90 Å².